The average Bonchev–Trinajstić information content (AvgIpc) is 2.77. The molecule has 0 aliphatic heterocycles. The number of hydrogen-bond donors (Lipinski definition) is 1. The predicted molar refractivity (Wildman–Crippen MR) is 123 cm³/mol. The maximum absolute atomic E-state index is 12.0. The van der Waals surface area contributed by atoms with Crippen LogP contribution in [0.3, 0.4) is 0 Å². The molecule has 0 bridgehead atoms. The van der Waals surface area contributed by atoms with Crippen molar-refractivity contribution in [2.75, 3.05) is 33.0 Å². The molecule has 0 spiro atoms. The van der Waals surface area contributed by atoms with E-state index >= 15 is 0 Å². The second-order valence-corrected chi connectivity index (χ2v) is 7.05. The molecule has 6 nitrogen and oxygen atoms in total. The highest BCUT2D eigenvalue weighted by Gasteiger charge is 2.06. The van der Waals surface area contributed by atoms with E-state index in [2.05, 4.69) is 5.32 Å². The lowest BCUT2D eigenvalue weighted by molar-refractivity contribution is -0.116. The van der Waals surface area contributed by atoms with E-state index < -0.39 is 0 Å². The number of nitrogens with one attached hydrogen (secondary N) is 1. The summed E-state index contributed by atoms with van der Waals surface area (Å²) in [4.78, 5) is 12.0. The van der Waals surface area contributed by atoms with Gasteiger partial charge in [-0.2, -0.15) is 0 Å². The molecule has 31 heavy (non-hydrogen) atoms. The predicted octanol–water partition coefficient (Wildman–Crippen LogP) is 4.49. The minimum atomic E-state index is -0.138. The molecule has 0 atom stereocenters. The first kappa shape index (κ1) is 24.3. The average molecular weight is 428 g/mol. The van der Waals surface area contributed by atoms with Crippen LogP contribution in [0, 0.1) is 0 Å². The minimum Gasteiger partial charge on any atom is -0.490 e. The van der Waals surface area contributed by atoms with E-state index in [1.165, 1.54) is 6.08 Å². The zero-order valence-corrected chi connectivity index (χ0v) is 18.6. The van der Waals surface area contributed by atoms with Crippen molar-refractivity contribution < 1.29 is 23.7 Å². The molecule has 6 heteroatoms. The van der Waals surface area contributed by atoms with Gasteiger partial charge in [-0.3, -0.25) is 4.79 Å². The van der Waals surface area contributed by atoms with Gasteiger partial charge in [-0.15, -0.1) is 0 Å². The summed E-state index contributed by atoms with van der Waals surface area (Å²) >= 11 is 0. The van der Waals surface area contributed by atoms with Crippen LogP contribution in [0.1, 0.15) is 32.8 Å². The third-order valence-electron chi connectivity index (χ3n) is 4.12. The van der Waals surface area contributed by atoms with Crippen LogP contribution in [0.4, 0.5) is 0 Å². The summed E-state index contributed by atoms with van der Waals surface area (Å²) in [5.41, 5.74) is 0.856. The molecule has 0 saturated heterocycles. The van der Waals surface area contributed by atoms with Crippen molar-refractivity contribution in [3.05, 3.63) is 60.2 Å². The summed E-state index contributed by atoms with van der Waals surface area (Å²) in [6.07, 6.45) is 4.26. The van der Waals surface area contributed by atoms with Crippen LogP contribution in [-0.4, -0.2) is 45.0 Å². The van der Waals surface area contributed by atoms with E-state index in [0.29, 0.717) is 44.5 Å². The number of benzene rings is 2. The fourth-order valence-corrected chi connectivity index (χ4v) is 2.68. The number of ether oxygens (including phenoxy) is 4. The number of rotatable bonds is 14. The third kappa shape index (κ3) is 10.0. The van der Waals surface area contributed by atoms with Gasteiger partial charge in [-0.25, -0.2) is 0 Å². The van der Waals surface area contributed by atoms with Gasteiger partial charge in [-0.1, -0.05) is 24.3 Å². The van der Waals surface area contributed by atoms with Gasteiger partial charge in [0.25, 0.3) is 0 Å². The minimum absolute atomic E-state index is 0.138. The van der Waals surface area contributed by atoms with Crippen molar-refractivity contribution in [3.63, 3.8) is 0 Å². The van der Waals surface area contributed by atoms with Gasteiger partial charge in [0.2, 0.25) is 5.91 Å². The van der Waals surface area contributed by atoms with E-state index in [0.717, 1.165) is 17.7 Å². The Bertz CT molecular complexity index is 805. The van der Waals surface area contributed by atoms with E-state index in [4.69, 9.17) is 18.9 Å². The van der Waals surface area contributed by atoms with E-state index in [-0.39, 0.29) is 12.0 Å². The highest BCUT2D eigenvalue weighted by atomic mass is 16.5. The zero-order valence-electron chi connectivity index (χ0n) is 18.6. The van der Waals surface area contributed by atoms with E-state index in [1.807, 2.05) is 69.3 Å². The summed E-state index contributed by atoms with van der Waals surface area (Å²) in [5, 5.41) is 2.85. The van der Waals surface area contributed by atoms with Crippen molar-refractivity contribution in [1.82, 2.24) is 5.32 Å². The van der Waals surface area contributed by atoms with Crippen LogP contribution in [-0.2, 0) is 9.53 Å². The molecule has 1 amide bonds. The summed E-state index contributed by atoms with van der Waals surface area (Å²) in [5.74, 6) is 1.95. The summed E-state index contributed by atoms with van der Waals surface area (Å²) in [6.45, 7) is 8.46. The SMILES string of the molecule is CCOc1cc(/C=C/C(=O)NCCCOC(C)C)ccc1OCCOc1ccccc1. The zero-order chi connectivity index (χ0) is 22.3. The second kappa shape index (κ2) is 14.1. The van der Waals surface area contributed by atoms with Crippen molar-refractivity contribution >= 4 is 12.0 Å². The lowest BCUT2D eigenvalue weighted by Crippen LogP contribution is -2.23. The standard InChI is InChI=1S/C25H33NO5/c1-4-28-24-19-21(12-14-25(27)26-15-8-16-29-20(2)3)11-13-23(24)31-18-17-30-22-9-6-5-7-10-22/h5-7,9-14,19-20H,4,8,15-18H2,1-3H3,(H,26,27)/b14-12+. The molecule has 0 saturated carbocycles. The van der Waals surface area contributed by atoms with Crippen LogP contribution < -0.4 is 19.5 Å². The maximum atomic E-state index is 12.0. The number of carbonyl (C=O) groups excluding carboxylic acids is 1. The molecule has 0 fully saturated rings. The fourth-order valence-electron chi connectivity index (χ4n) is 2.68. The Labute approximate surface area is 185 Å². The Morgan fingerprint density at radius 2 is 1.74 bits per heavy atom. The summed E-state index contributed by atoms with van der Waals surface area (Å²) < 4.78 is 22.6. The molecule has 0 aliphatic rings. The van der Waals surface area contributed by atoms with E-state index in [9.17, 15) is 4.79 Å². The van der Waals surface area contributed by atoms with Crippen molar-refractivity contribution in [2.45, 2.75) is 33.3 Å². The van der Waals surface area contributed by atoms with Gasteiger partial charge in [0.1, 0.15) is 19.0 Å². The maximum Gasteiger partial charge on any atom is 0.244 e. The van der Waals surface area contributed by atoms with Gasteiger partial charge in [0, 0.05) is 19.2 Å². The molecule has 1 N–H and O–H groups in total. The van der Waals surface area contributed by atoms with Crippen LogP contribution in [0.15, 0.2) is 54.6 Å². The first-order valence-corrected chi connectivity index (χ1v) is 10.7. The number of amides is 1. The van der Waals surface area contributed by atoms with Gasteiger partial charge < -0.3 is 24.3 Å². The molecule has 2 aromatic rings. The van der Waals surface area contributed by atoms with Crippen LogP contribution >= 0.6 is 0 Å². The Hall–Kier alpha value is -2.99. The molecular weight excluding hydrogens is 394 g/mol. The lowest BCUT2D eigenvalue weighted by Gasteiger charge is -2.13. The van der Waals surface area contributed by atoms with E-state index in [1.54, 1.807) is 6.08 Å². The Morgan fingerprint density at radius 1 is 0.968 bits per heavy atom. The van der Waals surface area contributed by atoms with Crippen molar-refractivity contribution in [3.8, 4) is 17.2 Å². The van der Waals surface area contributed by atoms with Crippen LogP contribution in [0.5, 0.6) is 17.2 Å². The Morgan fingerprint density at radius 3 is 2.48 bits per heavy atom. The van der Waals surface area contributed by atoms with Crippen molar-refractivity contribution in [1.29, 1.82) is 0 Å². The quantitative estimate of drug-likeness (QED) is 0.356. The molecule has 2 aromatic carbocycles. The number of para-hydroxylation sites is 1. The molecule has 0 heterocycles. The van der Waals surface area contributed by atoms with Gasteiger partial charge in [0.05, 0.1) is 12.7 Å². The highest BCUT2D eigenvalue weighted by Crippen LogP contribution is 2.29. The largest absolute Gasteiger partial charge is 0.490 e. The molecule has 0 radical (unpaired) electrons. The monoisotopic (exact) mass is 427 g/mol. The van der Waals surface area contributed by atoms with Crippen LogP contribution in [0.25, 0.3) is 6.08 Å². The lowest BCUT2D eigenvalue weighted by atomic mass is 10.2. The summed E-state index contributed by atoms with van der Waals surface area (Å²) in [7, 11) is 0. The molecule has 0 aromatic heterocycles. The van der Waals surface area contributed by atoms with Crippen LogP contribution in [0.2, 0.25) is 0 Å². The van der Waals surface area contributed by atoms with Gasteiger partial charge in [-0.05, 0) is 63.1 Å². The molecule has 168 valence electrons. The smallest absolute Gasteiger partial charge is 0.244 e. The number of carbonyl (C=O) groups is 1. The molecule has 0 unspecified atom stereocenters. The summed E-state index contributed by atoms with van der Waals surface area (Å²) in [6, 6.07) is 15.2. The highest BCUT2D eigenvalue weighted by molar-refractivity contribution is 5.91. The first-order chi connectivity index (χ1) is 15.1. The first-order valence-electron chi connectivity index (χ1n) is 10.7. The molecular formula is C25H33NO5. The van der Waals surface area contributed by atoms with Gasteiger partial charge >= 0.3 is 0 Å². The molecule has 0 aliphatic carbocycles. The third-order valence-corrected chi connectivity index (χ3v) is 4.12. The number of hydrogen-bond acceptors (Lipinski definition) is 5. The van der Waals surface area contributed by atoms with Gasteiger partial charge in [0.15, 0.2) is 11.5 Å². The fraction of sp³-hybridized carbons (Fsp3) is 0.400. The molecule has 2 rings (SSSR count). The normalized spacial score (nSPS) is 11.0. The second-order valence-electron chi connectivity index (χ2n) is 7.05. The Balaban J connectivity index is 1.81. The topological polar surface area (TPSA) is 66.0 Å². The Kier molecular flexibility index (Phi) is 11.0. The van der Waals surface area contributed by atoms with Crippen molar-refractivity contribution in [2.24, 2.45) is 0 Å².